The molecule has 0 radical (unpaired) electrons. The van der Waals surface area contributed by atoms with Gasteiger partial charge < -0.3 is 4.74 Å². The zero-order valence-electron chi connectivity index (χ0n) is 13.8. The van der Waals surface area contributed by atoms with Crippen molar-refractivity contribution in [1.29, 1.82) is 0 Å². The quantitative estimate of drug-likeness (QED) is 0.499. The molecule has 0 aliphatic carbocycles. The molecule has 23 heavy (non-hydrogen) atoms. The number of rotatable bonds is 9. The minimum Gasteiger partial charge on any atom is -0.492 e. The molecule has 0 fully saturated rings. The van der Waals surface area contributed by atoms with Crippen LogP contribution in [-0.4, -0.2) is 18.4 Å². The molecule has 0 bridgehead atoms. The summed E-state index contributed by atoms with van der Waals surface area (Å²) in [7, 11) is 0. The first-order valence-electron chi connectivity index (χ1n) is 8.10. The minimum atomic E-state index is -0.352. The smallest absolute Gasteiger partial charge is 0.269 e. The monoisotopic (exact) mass is 384 g/mol. The third-order valence-corrected chi connectivity index (χ3v) is 3.89. The zero-order chi connectivity index (χ0) is 17.1. The number of benzene rings is 1. The Hall–Kier alpha value is -1.56. The van der Waals surface area contributed by atoms with Gasteiger partial charge in [0.05, 0.1) is 11.1 Å². The molecule has 0 saturated carbocycles. The standard InChI is InChI=1S/C17H25BrN2O3/c1-3-5-7-8-16(21)19-20-17(22)13-9-10-15(14(18)12-13)23-11-6-4-2/h9-10,12H,3-8,11H2,1-2H3,(H,19,21)(H,20,22). The summed E-state index contributed by atoms with van der Waals surface area (Å²) in [5, 5.41) is 0. The molecule has 0 saturated heterocycles. The molecule has 0 spiro atoms. The predicted molar refractivity (Wildman–Crippen MR) is 94.3 cm³/mol. The first-order chi connectivity index (χ1) is 11.1. The summed E-state index contributed by atoms with van der Waals surface area (Å²) >= 11 is 3.40. The first kappa shape index (κ1) is 19.5. The fraction of sp³-hybridized carbons (Fsp3) is 0.529. The Morgan fingerprint density at radius 2 is 1.83 bits per heavy atom. The van der Waals surface area contributed by atoms with Crippen molar-refractivity contribution in [3.05, 3.63) is 28.2 Å². The number of nitrogens with one attached hydrogen (secondary N) is 2. The van der Waals surface area contributed by atoms with Crippen molar-refractivity contribution in [2.24, 2.45) is 0 Å². The lowest BCUT2D eigenvalue weighted by atomic mass is 10.2. The first-order valence-corrected chi connectivity index (χ1v) is 8.89. The van der Waals surface area contributed by atoms with E-state index in [9.17, 15) is 9.59 Å². The lowest BCUT2D eigenvalue weighted by molar-refractivity contribution is -0.121. The van der Waals surface area contributed by atoms with Crippen LogP contribution in [-0.2, 0) is 4.79 Å². The maximum Gasteiger partial charge on any atom is 0.269 e. The molecule has 0 heterocycles. The van der Waals surface area contributed by atoms with Gasteiger partial charge in [-0.3, -0.25) is 20.4 Å². The Bertz CT molecular complexity index is 521. The molecule has 128 valence electrons. The van der Waals surface area contributed by atoms with Crippen LogP contribution in [0.25, 0.3) is 0 Å². The summed E-state index contributed by atoms with van der Waals surface area (Å²) in [6.07, 6.45) is 5.36. The number of carbonyl (C=O) groups excluding carboxylic acids is 2. The summed E-state index contributed by atoms with van der Waals surface area (Å²) in [4.78, 5) is 23.6. The van der Waals surface area contributed by atoms with Gasteiger partial charge in [-0.1, -0.05) is 33.1 Å². The Kier molecular flexibility index (Phi) is 9.36. The highest BCUT2D eigenvalue weighted by Gasteiger charge is 2.10. The van der Waals surface area contributed by atoms with Crippen molar-refractivity contribution in [3.8, 4) is 5.75 Å². The van der Waals surface area contributed by atoms with E-state index in [4.69, 9.17) is 4.74 Å². The lowest BCUT2D eigenvalue weighted by Gasteiger charge is -2.10. The molecule has 1 rings (SSSR count). The van der Waals surface area contributed by atoms with Gasteiger partial charge in [-0.25, -0.2) is 0 Å². The fourth-order valence-electron chi connectivity index (χ4n) is 1.88. The van der Waals surface area contributed by atoms with E-state index in [1.54, 1.807) is 18.2 Å². The molecule has 1 aromatic rings. The Labute approximate surface area is 146 Å². The highest BCUT2D eigenvalue weighted by Crippen LogP contribution is 2.26. The average molecular weight is 385 g/mol. The van der Waals surface area contributed by atoms with Crippen molar-refractivity contribution in [2.45, 2.75) is 52.4 Å². The van der Waals surface area contributed by atoms with E-state index in [2.05, 4.69) is 40.6 Å². The van der Waals surface area contributed by atoms with Gasteiger partial charge in [-0.05, 0) is 47.0 Å². The second kappa shape index (κ2) is 11.0. The van der Waals surface area contributed by atoms with Crippen LogP contribution in [0.5, 0.6) is 5.75 Å². The fourth-order valence-corrected chi connectivity index (χ4v) is 2.38. The van der Waals surface area contributed by atoms with E-state index in [1.807, 2.05) is 0 Å². The van der Waals surface area contributed by atoms with Crippen LogP contribution >= 0.6 is 15.9 Å². The van der Waals surface area contributed by atoms with Gasteiger partial charge in [0.2, 0.25) is 5.91 Å². The van der Waals surface area contributed by atoms with Crippen molar-refractivity contribution in [2.75, 3.05) is 6.61 Å². The average Bonchev–Trinajstić information content (AvgIpc) is 2.54. The highest BCUT2D eigenvalue weighted by atomic mass is 79.9. The molecule has 0 unspecified atom stereocenters. The summed E-state index contributed by atoms with van der Waals surface area (Å²) in [6.45, 7) is 4.82. The number of ether oxygens (including phenoxy) is 1. The Morgan fingerprint density at radius 3 is 2.48 bits per heavy atom. The third kappa shape index (κ3) is 7.50. The molecule has 0 atom stereocenters. The van der Waals surface area contributed by atoms with Crippen LogP contribution in [0.4, 0.5) is 0 Å². The topological polar surface area (TPSA) is 67.4 Å². The second-order valence-electron chi connectivity index (χ2n) is 5.31. The van der Waals surface area contributed by atoms with E-state index < -0.39 is 0 Å². The van der Waals surface area contributed by atoms with Crippen molar-refractivity contribution in [3.63, 3.8) is 0 Å². The number of carbonyl (C=O) groups is 2. The van der Waals surface area contributed by atoms with Crippen LogP contribution in [0.1, 0.15) is 62.7 Å². The van der Waals surface area contributed by atoms with Crippen LogP contribution in [0, 0.1) is 0 Å². The van der Waals surface area contributed by atoms with E-state index in [-0.39, 0.29) is 11.8 Å². The van der Waals surface area contributed by atoms with E-state index in [0.717, 1.165) is 36.6 Å². The van der Waals surface area contributed by atoms with E-state index >= 15 is 0 Å². The highest BCUT2D eigenvalue weighted by molar-refractivity contribution is 9.10. The molecule has 0 aromatic heterocycles. The molecular formula is C17H25BrN2O3. The van der Waals surface area contributed by atoms with Crippen molar-refractivity contribution < 1.29 is 14.3 Å². The summed E-state index contributed by atoms with van der Waals surface area (Å²) < 4.78 is 6.33. The maximum absolute atomic E-state index is 12.0. The summed E-state index contributed by atoms with van der Waals surface area (Å²) in [6, 6.07) is 5.10. The van der Waals surface area contributed by atoms with Gasteiger partial charge in [0.15, 0.2) is 0 Å². The molecule has 1 aromatic carbocycles. The minimum absolute atomic E-state index is 0.176. The Morgan fingerprint density at radius 1 is 1.09 bits per heavy atom. The van der Waals surface area contributed by atoms with Gasteiger partial charge in [0.25, 0.3) is 5.91 Å². The summed E-state index contributed by atoms with van der Waals surface area (Å²) in [5.41, 5.74) is 5.31. The van der Waals surface area contributed by atoms with Crippen LogP contribution in [0.2, 0.25) is 0 Å². The van der Waals surface area contributed by atoms with Gasteiger partial charge >= 0.3 is 0 Å². The lowest BCUT2D eigenvalue weighted by Crippen LogP contribution is -2.41. The number of halogens is 1. The molecule has 6 heteroatoms. The molecule has 0 aliphatic rings. The number of hydrogen-bond acceptors (Lipinski definition) is 3. The van der Waals surface area contributed by atoms with Crippen LogP contribution in [0.15, 0.2) is 22.7 Å². The van der Waals surface area contributed by atoms with Crippen molar-refractivity contribution in [1.82, 2.24) is 10.9 Å². The molecule has 2 N–H and O–H groups in total. The SMILES string of the molecule is CCCCCC(=O)NNC(=O)c1ccc(OCCCC)c(Br)c1. The zero-order valence-corrected chi connectivity index (χ0v) is 15.4. The normalized spacial score (nSPS) is 10.2. The van der Waals surface area contributed by atoms with E-state index in [1.165, 1.54) is 0 Å². The van der Waals surface area contributed by atoms with Crippen molar-refractivity contribution >= 4 is 27.7 Å². The van der Waals surface area contributed by atoms with Gasteiger partial charge in [-0.15, -0.1) is 0 Å². The van der Waals surface area contributed by atoms with Crippen LogP contribution in [0.3, 0.4) is 0 Å². The van der Waals surface area contributed by atoms with E-state index in [0.29, 0.717) is 24.3 Å². The second-order valence-corrected chi connectivity index (χ2v) is 6.16. The number of hydrazine groups is 1. The Balaban J connectivity index is 2.47. The predicted octanol–water partition coefficient (Wildman–Crippen LogP) is 3.97. The van der Waals surface area contributed by atoms with Gasteiger partial charge in [-0.2, -0.15) is 0 Å². The van der Waals surface area contributed by atoms with Gasteiger partial charge in [0.1, 0.15) is 5.75 Å². The number of amides is 2. The van der Waals surface area contributed by atoms with Crippen LogP contribution < -0.4 is 15.6 Å². The largest absolute Gasteiger partial charge is 0.492 e. The maximum atomic E-state index is 12.0. The molecule has 0 aliphatic heterocycles. The number of unbranched alkanes of at least 4 members (excludes halogenated alkanes) is 3. The molecular weight excluding hydrogens is 360 g/mol. The molecule has 5 nitrogen and oxygen atoms in total. The number of hydrogen-bond donors (Lipinski definition) is 2. The van der Waals surface area contributed by atoms with Gasteiger partial charge in [0, 0.05) is 12.0 Å². The summed E-state index contributed by atoms with van der Waals surface area (Å²) in [5.74, 6) is 0.179. The third-order valence-electron chi connectivity index (χ3n) is 3.27. The molecule has 2 amide bonds.